The highest BCUT2D eigenvalue weighted by molar-refractivity contribution is 5.95. The van der Waals surface area contributed by atoms with Gasteiger partial charge in [-0.05, 0) is 57.4 Å². The van der Waals surface area contributed by atoms with Gasteiger partial charge in [0.15, 0.2) is 5.82 Å². The fourth-order valence-corrected chi connectivity index (χ4v) is 4.40. The molecule has 4 rings (SSSR count). The van der Waals surface area contributed by atoms with Crippen molar-refractivity contribution in [1.29, 1.82) is 0 Å². The summed E-state index contributed by atoms with van der Waals surface area (Å²) in [5.74, 6) is 0.520. The van der Waals surface area contributed by atoms with Crippen molar-refractivity contribution in [3.8, 4) is 11.5 Å². The van der Waals surface area contributed by atoms with E-state index in [1.54, 1.807) is 25.4 Å². The number of hydrogen-bond acceptors (Lipinski definition) is 6. The van der Waals surface area contributed by atoms with Crippen LogP contribution in [0.2, 0.25) is 0 Å². The molecule has 8 nitrogen and oxygen atoms in total. The van der Waals surface area contributed by atoms with Crippen LogP contribution in [0.5, 0.6) is 0 Å². The van der Waals surface area contributed by atoms with Crippen LogP contribution in [0.4, 0.5) is 4.39 Å². The van der Waals surface area contributed by atoms with Crippen molar-refractivity contribution in [2.75, 3.05) is 26.8 Å². The Morgan fingerprint density at radius 1 is 1.31 bits per heavy atom. The maximum Gasteiger partial charge on any atom is 0.257 e. The van der Waals surface area contributed by atoms with Crippen molar-refractivity contribution >= 4 is 5.91 Å². The van der Waals surface area contributed by atoms with Crippen LogP contribution in [0, 0.1) is 12.7 Å². The van der Waals surface area contributed by atoms with E-state index >= 15 is 0 Å². The number of nitrogens with zero attached hydrogens (tertiary/aromatic N) is 5. The van der Waals surface area contributed by atoms with Crippen molar-refractivity contribution in [1.82, 2.24) is 24.8 Å². The number of halogens is 1. The minimum Gasteiger partial charge on any atom is -0.385 e. The van der Waals surface area contributed by atoms with Gasteiger partial charge in [-0.3, -0.25) is 9.48 Å². The highest BCUT2D eigenvalue weighted by atomic mass is 19.1. The maximum absolute atomic E-state index is 13.3. The molecule has 1 aliphatic rings. The molecular formula is C23H28FN5O3. The second kappa shape index (κ2) is 9.20. The van der Waals surface area contributed by atoms with Gasteiger partial charge in [0, 0.05) is 44.6 Å². The van der Waals surface area contributed by atoms with E-state index < -0.39 is 5.41 Å². The summed E-state index contributed by atoms with van der Waals surface area (Å²) >= 11 is 0. The van der Waals surface area contributed by atoms with Crippen LogP contribution in [0.15, 0.2) is 35.0 Å². The van der Waals surface area contributed by atoms with Gasteiger partial charge in [-0.25, -0.2) is 4.39 Å². The van der Waals surface area contributed by atoms with E-state index in [0.717, 1.165) is 18.5 Å². The van der Waals surface area contributed by atoms with Gasteiger partial charge in [0.25, 0.3) is 11.8 Å². The molecule has 0 saturated carbocycles. The predicted octanol–water partition coefficient (Wildman–Crippen LogP) is 3.61. The van der Waals surface area contributed by atoms with Crippen molar-refractivity contribution in [2.45, 2.75) is 45.1 Å². The lowest BCUT2D eigenvalue weighted by atomic mass is 9.76. The van der Waals surface area contributed by atoms with E-state index in [9.17, 15) is 9.18 Å². The molecule has 1 saturated heterocycles. The Morgan fingerprint density at radius 3 is 2.78 bits per heavy atom. The zero-order valence-corrected chi connectivity index (χ0v) is 18.7. The lowest BCUT2D eigenvalue weighted by molar-refractivity contribution is 0.0566. The average Bonchev–Trinajstić information content (AvgIpc) is 3.45. The molecule has 0 spiro atoms. The van der Waals surface area contributed by atoms with Crippen molar-refractivity contribution in [2.24, 2.45) is 0 Å². The predicted molar refractivity (Wildman–Crippen MR) is 116 cm³/mol. The molecule has 3 aromatic rings. The van der Waals surface area contributed by atoms with Gasteiger partial charge in [-0.2, -0.15) is 10.1 Å². The van der Waals surface area contributed by atoms with E-state index in [0.29, 0.717) is 55.5 Å². The average molecular weight is 442 g/mol. The number of methoxy groups -OCH3 is 1. The highest BCUT2D eigenvalue weighted by Gasteiger charge is 2.42. The molecule has 1 aromatic carbocycles. The molecule has 170 valence electrons. The summed E-state index contributed by atoms with van der Waals surface area (Å²) < 4.78 is 26.0. The minimum absolute atomic E-state index is 0.0362. The highest BCUT2D eigenvalue weighted by Crippen LogP contribution is 2.37. The Kier molecular flexibility index (Phi) is 6.36. The van der Waals surface area contributed by atoms with Gasteiger partial charge in [0.1, 0.15) is 5.82 Å². The molecule has 0 bridgehead atoms. The summed E-state index contributed by atoms with van der Waals surface area (Å²) in [5.41, 5.74) is 1.65. The molecule has 0 N–H and O–H groups in total. The molecule has 3 heterocycles. The zero-order valence-electron chi connectivity index (χ0n) is 18.7. The molecule has 2 aromatic heterocycles. The van der Waals surface area contributed by atoms with Crippen LogP contribution >= 0.6 is 0 Å². The van der Waals surface area contributed by atoms with Gasteiger partial charge in [0.2, 0.25) is 0 Å². The quantitative estimate of drug-likeness (QED) is 0.557. The Hall–Kier alpha value is -3.07. The molecular weight excluding hydrogens is 413 g/mol. The fraction of sp³-hybridized carbons (Fsp3) is 0.478. The number of amides is 1. The van der Waals surface area contributed by atoms with Gasteiger partial charge in [0.05, 0.1) is 17.2 Å². The van der Waals surface area contributed by atoms with Gasteiger partial charge in [-0.1, -0.05) is 5.16 Å². The van der Waals surface area contributed by atoms with Gasteiger partial charge >= 0.3 is 0 Å². The van der Waals surface area contributed by atoms with E-state index in [1.165, 1.54) is 12.1 Å². The summed E-state index contributed by atoms with van der Waals surface area (Å²) in [6.45, 7) is 6.27. The molecule has 1 amide bonds. The second-order valence-corrected chi connectivity index (χ2v) is 8.24. The first-order valence-electron chi connectivity index (χ1n) is 10.9. The molecule has 1 aliphatic heterocycles. The summed E-state index contributed by atoms with van der Waals surface area (Å²) in [7, 11) is 1.65. The minimum atomic E-state index is -0.486. The van der Waals surface area contributed by atoms with Crippen molar-refractivity contribution < 1.29 is 18.4 Å². The van der Waals surface area contributed by atoms with Crippen LogP contribution < -0.4 is 0 Å². The summed E-state index contributed by atoms with van der Waals surface area (Å²) in [5, 5.41) is 8.60. The van der Waals surface area contributed by atoms with Gasteiger partial charge < -0.3 is 14.2 Å². The Bertz CT molecular complexity index is 1080. The topological polar surface area (TPSA) is 86.3 Å². The molecule has 32 heavy (non-hydrogen) atoms. The van der Waals surface area contributed by atoms with E-state index in [1.807, 2.05) is 23.4 Å². The maximum atomic E-state index is 13.3. The molecule has 9 heteroatoms. The SMILES string of the molecule is CCn1ncc(C(=O)N2CCCC(CCOC)(c3noc(-c4ccc(F)cc4)n3)C2)c1C. The Balaban J connectivity index is 1.63. The summed E-state index contributed by atoms with van der Waals surface area (Å²) in [6, 6.07) is 5.94. The van der Waals surface area contributed by atoms with Crippen molar-refractivity contribution in [3.63, 3.8) is 0 Å². The molecule has 0 aliphatic carbocycles. The Labute approximate surface area is 186 Å². The lowest BCUT2D eigenvalue weighted by Crippen LogP contribution is -2.49. The number of carbonyl (C=O) groups is 1. The first-order chi connectivity index (χ1) is 15.5. The largest absolute Gasteiger partial charge is 0.385 e. The lowest BCUT2D eigenvalue weighted by Gasteiger charge is -2.40. The summed E-state index contributed by atoms with van der Waals surface area (Å²) in [6.07, 6.45) is 3.93. The second-order valence-electron chi connectivity index (χ2n) is 8.24. The number of carbonyl (C=O) groups excluding carboxylic acids is 1. The number of piperidine rings is 1. The van der Waals surface area contributed by atoms with Crippen LogP contribution in [0.1, 0.15) is 48.1 Å². The normalized spacial score (nSPS) is 18.8. The van der Waals surface area contributed by atoms with Gasteiger partial charge in [-0.15, -0.1) is 0 Å². The van der Waals surface area contributed by atoms with E-state index in [2.05, 4.69) is 15.2 Å². The number of ether oxygens (including phenoxy) is 1. The number of hydrogen-bond donors (Lipinski definition) is 0. The number of aryl methyl sites for hydroxylation is 1. The number of aromatic nitrogens is 4. The monoisotopic (exact) mass is 441 g/mol. The van der Waals surface area contributed by atoms with Crippen molar-refractivity contribution in [3.05, 3.63) is 53.4 Å². The molecule has 1 fully saturated rings. The van der Waals surface area contributed by atoms with Crippen LogP contribution in [0.25, 0.3) is 11.5 Å². The fourth-order valence-electron chi connectivity index (χ4n) is 4.40. The van der Waals surface area contributed by atoms with Crippen LogP contribution in [-0.2, 0) is 16.7 Å². The molecule has 0 radical (unpaired) electrons. The van der Waals surface area contributed by atoms with E-state index in [-0.39, 0.29) is 11.7 Å². The van der Waals surface area contributed by atoms with Crippen LogP contribution in [0.3, 0.4) is 0 Å². The third kappa shape index (κ3) is 4.17. The Morgan fingerprint density at radius 2 is 2.09 bits per heavy atom. The first kappa shape index (κ1) is 22.1. The van der Waals surface area contributed by atoms with E-state index in [4.69, 9.17) is 9.26 Å². The number of benzene rings is 1. The zero-order chi connectivity index (χ0) is 22.7. The number of likely N-dealkylation sites (tertiary alicyclic amines) is 1. The third-order valence-electron chi connectivity index (χ3n) is 6.27. The summed E-state index contributed by atoms with van der Waals surface area (Å²) in [4.78, 5) is 19.9. The standard InChI is InChI=1S/C23H28FN5O3/c1-4-29-16(2)19(14-25-29)21(30)28-12-5-10-23(15-28,11-13-31-3)22-26-20(32-27-22)17-6-8-18(24)9-7-17/h6-9,14H,4-5,10-13,15H2,1-3H3. The van der Waals surface area contributed by atoms with Crippen LogP contribution in [-0.4, -0.2) is 57.5 Å². The first-order valence-corrected chi connectivity index (χ1v) is 10.9. The third-order valence-corrected chi connectivity index (χ3v) is 6.27. The number of rotatable bonds is 7. The molecule has 1 unspecified atom stereocenters. The molecule has 1 atom stereocenters. The smallest absolute Gasteiger partial charge is 0.257 e.